The first-order valence-electron chi connectivity index (χ1n) is 10.6. The first-order chi connectivity index (χ1) is 15.7. The predicted octanol–water partition coefficient (Wildman–Crippen LogP) is 4.98. The van der Waals surface area contributed by atoms with Crippen LogP contribution in [-0.2, 0) is 0 Å². The van der Waals surface area contributed by atoms with Crippen LogP contribution in [0, 0.1) is 6.92 Å². The Balaban J connectivity index is 1.63. The highest BCUT2D eigenvalue weighted by Gasteiger charge is 2.39. The van der Waals surface area contributed by atoms with Gasteiger partial charge in [-0.05, 0) is 42.7 Å². The number of benzene rings is 3. The van der Waals surface area contributed by atoms with Crippen LogP contribution in [0.4, 0.5) is 5.95 Å². The summed E-state index contributed by atoms with van der Waals surface area (Å²) < 4.78 is 7.20. The van der Waals surface area contributed by atoms with Gasteiger partial charge in [0, 0.05) is 5.56 Å². The van der Waals surface area contributed by atoms with Crippen LogP contribution >= 0.6 is 0 Å². The second kappa shape index (κ2) is 8.30. The van der Waals surface area contributed by atoms with Gasteiger partial charge in [0.15, 0.2) is 0 Å². The van der Waals surface area contributed by atoms with E-state index in [1.165, 1.54) is 11.9 Å². The molecule has 0 N–H and O–H groups in total. The molecule has 3 aromatic carbocycles. The number of carbonyl (C=O) groups excluding carboxylic acids is 1. The van der Waals surface area contributed by atoms with Gasteiger partial charge in [0.05, 0.1) is 19.2 Å². The third-order valence-corrected chi connectivity index (χ3v) is 6.01. The van der Waals surface area contributed by atoms with Crippen molar-refractivity contribution in [3.8, 4) is 5.75 Å². The van der Waals surface area contributed by atoms with E-state index in [-0.39, 0.29) is 18.0 Å². The summed E-state index contributed by atoms with van der Waals surface area (Å²) in [4.78, 5) is 20.1. The molecule has 5 rings (SSSR count). The van der Waals surface area contributed by atoms with E-state index in [0.29, 0.717) is 23.7 Å². The Bertz CT molecular complexity index is 1230. The highest BCUT2D eigenvalue weighted by atomic mass is 16.5. The molecule has 0 aliphatic carbocycles. The normalized spacial score (nSPS) is 17.6. The molecule has 2 atom stereocenters. The lowest BCUT2D eigenvalue weighted by molar-refractivity contribution is 0.0963. The number of anilines is 1. The van der Waals surface area contributed by atoms with Crippen molar-refractivity contribution in [1.82, 2.24) is 14.8 Å². The molecule has 0 saturated heterocycles. The van der Waals surface area contributed by atoms with Gasteiger partial charge in [0.1, 0.15) is 12.1 Å². The highest BCUT2D eigenvalue weighted by molar-refractivity contribution is 6.06. The Morgan fingerprint density at radius 1 is 0.938 bits per heavy atom. The van der Waals surface area contributed by atoms with Gasteiger partial charge >= 0.3 is 0 Å². The number of ether oxygens (including phenoxy) is 1. The van der Waals surface area contributed by atoms with Crippen molar-refractivity contribution in [2.75, 3.05) is 12.0 Å². The standard InChI is InChI=1S/C26H24N4O2/c1-18-11-13-20(14-12-18)24-16-23(19-7-4-3-5-8-19)29(26-27-17-28-30(24)26)25(31)21-9-6-10-22(15-21)32-2/h3-15,17,23-24H,16H2,1-2H3/t23-,24-/m1/s1. The van der Waals surface area contributed by atoms with E-state index in [1.54, 1.807) is 24.1 Å². The van der Waals surface area contributed by atoms with Crippen molar-refractivity contribution in [2.24, 2.45) is 0 Å². The number of hydrogen-bond donors (Lipinski definition) is 0. The van der Waals surface area contributed by atoms with Crippen molar-refractivity contribution in [2.45, 2.75) is 25.4 Å². The lowest BCUT2D eigenvalue weighted by Crippen LogP contribution is -2.42. The van der Waals surface area contributed by atoms with Crippen LogP contribution in [0.2, 0.25) is 0 Å². The predicted molar refractivity (Wildman–Crippen MR) is 123 cm³/mol. The summed E-state index contributed by atoms with van der Waals surface area (Å²) in [5.74, 6) is 1.06. The molecule has 1 aliphatic heterocycles. The quantitative estimate of drug-likeness (QED) is 0.464. The van der Waals surface area contributed by atoms with E-state index in [2.05, 4.69) is 53.4 Å². The fourth-order valence-corrected chi connectivity index (χ4v) is 4.35. The molecule has 0 unspecified atom stereocenters. The number of fused-ring (bicyclic) bond motifs is 1. The number of nitrogens with zero attached hydrogens (tertiary/aromatic N) is 4. The molecule has 0 bridgehead atoms. The van der Waals surface area contributed by atoms with Gasteiger partial charge < -0.3 is 4.74 Å². The second-order valence-electron chi connectivity index (χ2n) is 8.00. The maximum absolute atomic E-state index is 13.8. The van der Waals surface area contributed by atoms with E-state index >= 15 is 0 Å². The minimum absolute atomic E-state index is 0.0207. The maximum atomic E-state index is 13.8. The lowest BCUT2D eigenvalue weighted by atomic mass is 9.91. The lowest BCUT2D eigenvalue weighted by Gasteiger charge is -2.39. The van der Waals surface area contributed by atoms with Crippen molar-refractivity contribution >= 4 is 11.9 Å². The van der Waals surface area contributed by atoms with Gasteiger partial charge in [-0.2, -0.15) is 10.1 Å². The van der Waals surface area contributed by atoms with Crippen LogP contribution in [0.5, 0.6) is 5.75 Å². The topological polar surface area (TPSA) is 60.2 Å². The molecule has 0 spiro atoms. The molecule has 1 amide bonds. The zero-order valence-corrected chi connectivity index (χ0v) is 18.1. The SMILES string of the molecule is COc1cccc(C(=O)N2c3ncnn3[C@@H](c3ccc(C)cc3)C[C@@H]2c2ccccc2)c1. The summed E-state index contributed by atoms with van der Waals surface area (Å²) in [6.07, 6.45) is 2.22. The third kappa shape index (κ3) is 3.54. The molecule has 32 heavy (non-hydrogen) atoms. The molecule has 0 radical (unpaired) electrons. The number of amides is 1. The number of methoxy groups -OCH3 is 1. The van der Waals surface area contributed by atoms with Gasteiger partial charge in [-0.1, -0.05) is 66.2 Å². The molecule has 1 aliphatic rings. The van der Waals surface area contributed by atoms with Crippen molar-refractivity contribution < 1.29 is 9.53 Å². The molecule has 0 fully saturated rings. The van der Waals surface area contributed by atoms with E-state index in [1.807, 2.05) is 35.0 Å². The molecular formula is C26H24N4O2. The Kier molecular flexibility index (Phi) is 5.19. The van der Waals surface area contributed by atoms with Gasteiger partial charge in [-0.3, -0.25) is 9.69 Å². The van der Waals surface area contributed by atoms with Gasteiger partial charge in [-0.15, -0.1) is 0 Å². The Morgan fingerprint density at radius 3 is 2.44 bits per heavy atom. The summed E-state index contributed by atoms with van der Waals surface area (Å²) in [5, 5.41) is 4.51. The molecule has 6 heteroatoms. The van der Waals surface area contributed by atoms with Crippen LogP contribution in [0.25, 0.3) is 0 Å². The van der Waals surface area contributed by atoms with Crippen molar-refractivity contribution in [3.05, 3.63) is 107 Å². The summed E-state index contributed by atoms with van der Waals surface area (Å²) in [6.45, 7) is 2.08. The summed E-state index contributed by atoms with van der Waals surface area (Å²) in [6, 6.07) is 25.6. The maximum Gasteiger partial charge on any atom is 0.261 e. The summed E-state index contributed by atoms with van der Waals surface area (Å²) in [7, 11) is 1.60. The molecular weight excluding hydrogens is 400 g/mol. The van der Waals surface area contributed by atoms with Crippen LogP contribution < -0.4 is 9.64 Å². The Hall–Kier alpha value is -3.93. The van der Waals surface area contributed by atoms with Gasteiger partial charge in [-0.25, -0.2) is 4.68 Å². The van der Waals surface area contributed by atoms with E-state index in [0.717, 1.165) is 11.1 Å². The number of rotatable bonds is 4. The largest absolute Gasteiger partial charge is 0.497 e. The minimum atomic E-state index is -0.182. The highest BCUT2D eigenvalue weighted by Crippen LogP contribution is 2.42. The van der Waals surface area contributed by atoms with E-state index < -0.39 is 0 Å². The smallest absolute Gasteiger partial charge is 0.261 e. The third-order valence-electron chi connectivity index (χ3n) is 6.01. The number of carbonyl (C=O) groups is 1. The summed E-state index contributed by atoms with van der Waals surface area (Å²) >= 11 is 0. The number of aryl methyl sites for hydroxylation is 1. The fourth-order valence-electron chi connectivity index (χ4n) is 4.35. The average molecular weight is 425 g/mol. The van der Waals surface area contributed by atoms with E-state index in [9.17, 15) is 4.79 Å². The van der Waals surface area contributed by atoms with Crippen LogP contribution in [0.3, 0.4) is 0 Å². The van der Waals surface area contributed by atoms with Crippen molar-refractivity contribution in [1.29, 1.82) is 0 Å². The first kappa shape index (κ1) is 20.0. The zero-order valence-electron chi connectivity index (χ0n) is 18.1. The van der Waals surface area contributed by atoms with Crippen molar-refractivity contribution in [3.63, 3.8) is 0 Å². The molecule has 4 aromatic rings. The van der Waals surface area contributed by atoms with Crippen LogP contribution in [0.1, 0.15) is 45.6 Å². The van der Waals surface area contributed by atoms with Gasteiger partial charge in [0.2, 0.25) is 5.95 Å². The Morgan fingerprint density at radius 2 is 1.69 bits per heavy atom. The first-order valence-corrected chi connectivity index (χ1v) is 10.6. The second-order valence-corrected chi connectivity index (χ2v) is 8.00. The van der Waals surface area contributed by atoms with Crippen LogP contribution in [-0.4, -0.2) is 27.8 Å². The molecule has 6 nitrogen and oxygen atoms in total. The monoisotopic (exact) mass is 424 g/mol. The number of aromatic nitrogens is 3. The van der Waals surface area contributed by atoms with E-state index in [4.69, 9.17) is 4.74 Å². The Labute approximate surface area is 187 Å². The fraction of sp³-hybridized carbons (Fsp3) is 0.192. The molecule has 2 heterocycles. The average Bonchev–Trinajstić information content (AvgIpc) is 3.33. The number of hydrogen-bond acceptors (Lipinski definition) is 4. The summed E-state index contributed by atoms with van der Waals surface area (Å²) in [5.41, 5.74) is 3.97. The van der Waals surface area contributed by atoms with Gasteiger partial charge in [0.25, 0.3) is 5.91 Å². The minimum Gasteiger partial charge on any atom is -0.497 e. The van der Waals surface area contributed by atoms with Crippen LogP contribution in [0.15, 0.2) is 85.2 Å². The molecule has 1 aromatic heterocycles. The molecule has 160 valence electrons. The zero-order chi connectivity index (χ0) is 22.1. The molecule has 0 saturated carbocycles.